The van der Waals surface area contributed by atoms with Crippen LogP contribution in [0, 0.1) is 24.7 Å². The first-order valence-corrected chi connectivity index (χ1v) is 9.30. The van der Waals surface area contributed by atoms with Gasteiger partial charge >= 0.3 is 0 Å². The Labute approximate surface area is 153 Å². The standard InChI is InChI=1S/C19H22ClN3S/c1-5-13(3)12-22-19-14(4)23-15(11-17(19)21-6-2)7-8-16-9-10-18(20)24-16/h9-13H,5-6H2,1-4H3,(H,21,23). The van der Waals surface area contributed by atoms with E-state index in [9.17, 15) is 0 Å². The maximum atomic E-state index is 5.94. The summed E-state index contributed by atoms with van der Waals surface area (Å²) >= 11 is 7.40. The highest BCUT2D eigenvalue weighted by atomic mass is 35.5. The van der Waals surface area contributed by atoms with Crippen molar-refractivity contribution in [3.05, 3.63) is 38.8 Å². The molecule has 1 atom stereocenters. The van der Waals surface area contributed by atoms with E-state index in [4.69, 9.17) is 11.6 Å². The highest BCUT2D eigenvalue weighted by molar-refractivity contribution is 7.16. The second-order valence-corrected chi connectivity index (χ2v) is 7.25. The second-order valence-electron chi connectivity index (χ2n) is 5.54. The minimum atomic E-state index is 0.446. The molecule has 2 rings (SSSR count). The summed E-state index contributed by atoms with van der Waals surface area (Å²) in [6, 6.07) is 5.73. The van der Waals surface area contributed by atoms with Crippen LogP contribution >= 0.6 is 22.9 Å². The van der Waals surface area contributed by atoms with Crippen LogP contribution < -0.4 is 5.32 Å². The lowest BCUT2D eigenvalue weighted by atomic mass is 10.1. The Morgan fingerprint density at radius 1 is 1.38 bits per heavy atom. The monoisotopic (exact) mass is 359 g/mol. The summed E-state index contributed by atoms with van der Waals surface area (Å²) < 4.78 is 0.742. The zero-order valence-electron chi connectivity index (χ0n) is 14.5. The van der Waals surface area contributed by atoms with Crippen LogP contribution in [-0.4, -0.2) is 17.7 Å². The summed E-state index contributed by atoms with van der Waals surface area (Å²) in [6.45, 7) is 9.17. The number of halogens is 1. The number of thiophene rings is 1. The molecule has 2 heterocycles. The first-order chi connectivity index (χ1) is 11.5. The first-order valence-electron chi connectivity index (χ1n) is 8.10. The molecule has 126 valence electrons. The number of hydrogen-bond donors (Lipinski definition) is 1. The molecule has 3 nitrogen and oxygen atoms in total. The van der Waals surface area contributed by atoms with E-state index in [-0.39, 0.29) is 0 Å². The van der Waals surface area contributed by atoms with Gasteiger partial charge in [-0.25, -0.2) is 4.98 Å². The van der Waals surface area contributed by atoms with Crippen molar-refractivity contribution in [2.24, 2.45) is 10.9 Å². The van der Waals surface area contributed by atoms with Gasteiger partial charge in [-0.2, -0.15) is 0 Å². The molecular formula is C19H22ClN3S. The fraction of sp³-hybridized carbons (Fsp3) is 0.368. The Morgan fingerprint density at radius 2 is 2.17 bits per heavy atom. The van der Waals surface area contributed by atoms with Gasteiger partial charge in [0.05, 0.1) is 20.6 Å². The normalized spacial score (nSPS) is 12.0. The van der Waals surface area contributed by atoms with E-state index in [1.807, 2.05) is 31.3 Å². The minimum absolute atomic E-state index is 0.446. The molecule has 0 bridgehead atoms. The van der Waals surface area contributed by atoms with Crippen molar-refractivity contribution in [2.75, 3.05) is 11.9 Å². The zero-order chi connectivity index (χ0) is 17.5. The molecule has 1 unspecified atom stereocenters. The smallest absolute Gasteiger partial charge is 0.116 e. The Bertz CT molecular complexity index is 784. The van der Waals surface area contributed by atoms with E-state index in [2.05, 4.69) is 47.9 Å². The average molecular weight is 360 g/mol. The Kier molecular flexibility index (Phi) is 6.84. The maximum absolute atomic E-state index is 5.94. The average Bonchev–Trinajstić information content (AvgIpc) is 2.97. The minimum Gasteiger partial charge on any atom is -0.383 e. The van der Waals surface area contributed by atoms with Gasteiger partial charge in [-0.05, 0) is 56.2 Å². The SMILES string of the molecule is CCNc1cc(C#Cc2ccc(Cl)s2)nc(C)c1N=CC(C)CC. The van der Waals surface area contributed by atoms with Gasteiger partial charge in [0.2, 0.25) is 0 Å². The number of aromatic nitrogens is 1. The predicted octanol–water partition coefficient (Wildman–Crippen LogP) is 5.68. The summed E-state index contributed by atoms with van der Waals surface area (Å²) in [5.74, 6) is 6.67. The molecule has 0 saturated carbocycles. The fourth-order valence-electron chi connectivity index (χ4n) is 2.03. The van der Waals surface area contributed by atoms with Crippen molar-refractivity contribution in [1.29, 1.82) is 0 Å². The lowest BCUT2D eigenvalue weighted by Gasteiger charge is -2.11. The molecule has 0 aliphatic heterocycles. The molecule has 0 radical (unpaired) electrons. The molecule has 0 aliphatic carbocycles. The fourth-order valence-corrected chi connectivity index (χ4v) is 2.93. The van der Waals surface area contributed by atoms with Crippen LogP contribution in [0.1, 0.15) is 43.5 Å². The van der Waals surface area contributed by atoms with E-state index in [1.54, 1.807) is 0 Å². The molecular weight excluding hydrogens is 338 g/mol. The quantitative estimate of drug-likeness (QED) is 0.550. The third kappa shape index (κ3) is 5.09. The van der Waals surface area contributed by atoms with Crippen LogP contribution in [0.15, 0.2) is 23.2 Å². The molecule has 0 saturated heterocycles. The summed E-state index contributed by atoms with van der Waals surface area (Å²) in [5.41, 5.74) is 3.47. The molecule has 0 aliphatic rings. The van der Waals surface area contributed by atoms with Crippen molar-refractivity contribution in [3.63, 3.8) is 0 Å². The highest BCUT2D eigenvalue weighted by Gasteiger charge is 2.08. The summed E-state index contributed by atoms with van der Waals surface area (Å²) in [4.78, 5) is 10.2. The molecule has 24 heavy (non-hydrogen) atoms. The van der Waals surface area contributed by atoms with Gasteiger partial charge in [0.15, 0.2) is 0 Å². The lowest BCUT2D eigenvalue weighted by Crippen LogP contribution is -2.01. The Morgan fingerprint density at radius 3 is 2.79 bits per heavy atom. The van der Waals surface area contributed by atoms with Crippen LogP contribution in [0.25, 0.3) is 0 Å². The van der Waals surface area contributed by atoms with Crippen LogP contribution in [0.5, 0.6) is 0 Å². The van der Waals surface area contributed by atoms with Crippen molar-refractivity contribution in [2.45, 2.75) is 34.1 Å². The van der Waals surface area contributed by atoms with Crippen molar-refractivity contribution >= 4 is 40.5 Å². The van der Waals surface area contributed by atoms with Crippen molar-refractivity contribution in [3.8, 4) is 11.8 Å². The largest absolute Gasteiger partial charge is 0.383 e. The summed E-state index contributed by atoms with van der Waals surface area (Å²) in [6.07, 6.45) is 3.06. The van der Waals surface area contributed by atoms with Gasteiger partial charge in [-0.3, -0.25) is 4.99 Å². The van der Waals surface area contributed by atoms with Gasteiger partial charge < -0.3 is 5.32 Å². The number of hydrogen-bond acceptors (Lipinski definition) is 4. The first kappa shape index (κ1) is 18.5. The molecule has 0 spiro atoms. The van der Waals surface area contributed by atoms with Crippen LogP contribution in [0.4, 0.5) is 11.4 Å². The maximum Gasteiger partial charge on any atom is 0.116 e. The van der Waals surface area contributed by atoms with Gasteiger partial charge in [0.1, 0.15) is 11.4 Å². The van der Waals surface area contributed by atoms with Crippen molar-refractivity contribution < 1.29 is 0 Å². The number of anilines is 1. The number of aryl methyl sites for hydroxylation is 1. The molecule has 5 heteroatoms. The predicted molar refractivity (Wildman–Crippen MR) is 106 cm³/mol. The molecule has 2 aromatic heterocycles. The lowest BCUT2D eigenvalue weighted by molar-refractivity contribution is 0.754. The van der Waals surface area contributed by atoms with Crippen LogP contribution in [0.2, 0.25) is 4.34 Å². The summed E-state index contributed by atoms with van der Waals surface area (Å²) in [7, 11) is 0. The van der Waals surface area contributed by atoms with Crippen LogP contribution in [-0.2, 0) is 0 Å². The topological polar surface area (TPSA) is 37.3 Å². The number of nitrogens with one attached hydrogen (secondary N) is 1. The van der Waals surface area contributed by atoms with E-state index in [1.165, 1.54) is 11.3 Å². The van der Waals surface area contributed by atoms with Gasteiger partial charge in [-0.15, -0.1) is 11.3 Å². The Hall–Kier alpha value is -1.83. The van der Waals surface area contributed by atoms with E-state index >= 15 is 0 Å². The van der Waals surface area contributed by atoms with Gasteiger partial charge in [0, 0.05) is 12.8 Å². The van der Waals surface area contributed by atoms with E-state index in [0.29, 0.717) is 5.92 Å². The zero-order valence-corrected chi connectivity index (χ0v) is 16.1. The second kappa shape index (κ2) is 8.86. The molecule has 2 aromatic rings. The molecule has 1 N–H and O–H groups in total. The third-order valence-corrected chi connectivity index (χ3v) is 4.67. The van der Waals surface area contributed by atoms with E-state index < -0.39 is 0 Å². The molecule has 0 aromatic carbocycles. The number of nitrogens with zero attached hydrogens (tertiary/aromatic N) is 2. The molecule has 0 amide bonds. The van der Waals surface area contributed by atoms with Gasteiger partial charge in [0.25, 0.3) is 0 Å². The third-order valence-electron chi connectivity index (χ3n) is 3.52. The number of aliphatic imine (C=N–C) groups is 1. The number of rotatable bonds is 5. The molecule has 0 fully saturated rings. The van der Waals surface area contributed by atoms with Crippen molar-refractivity contribution in [1.82, 2.24) is 4.98 Å². The van der Waals surface area contributed by atoms with E-state index in [0.717, 1.165) is 44.9 Å². The highest BCUT2D eigenvalue weighted by Crippen LogP contribution is 2.29. The Balaban J connectivity index is 2.35. The summed E-state index contributed by atoms with van der Waals surface area (Å²) in [5, 5.41) is 3.36. The number of pyridine rings is 1. The van der Waals surface area contributed by atoms with Gasteiger partial charge in [-0.1, -0.05) is 25.4 Å². The van der Waals surface area contributed by atoms with Crippen LogP contribution in [0.3, 0.4) is 0 Å².